The smallest absolute Gasteiger partial charge is 0.269 e. The topological polar surface area (TPSA) is 141 Å². The van der Waals surface area contributed by atoms with Gasteiger partial charge in [-0.1, -0.05) is 0 Å². The molecule has 1 atom stereocenters. The number of amides is 1. The molecule has 10 nitrogen and oxygen atoms in total. The first kappa shape index (κ1) is 21.2. The number of benzene rings is 2. The highest BCUT2D eigenvalue weighted by Crippen LogP contribution is 2.21. The molecule has 30 heavy (non-hydrogen) atoms. The van der Waals surface area contributed by atoms with Gasteiger partial charge in [0.25, 0.3) is 21.6 Å². The third-order valence-corrected chi connectivity index (χ3v) is 5.99. The Hall–Kier alpha value is -3.51. The van der Waals surface area contributed by atoms with E-state index >= 15 is 0 Å². The van der Waals surface area contributed by atoms with E-state index in [0.717, 1.165) is 11.3 Å². The highest BCUT2D eigenvalue weighted by molar-refractivity contribution is 7.93. The van der Waals surface area contributed by atoms with E-state index in [9.17, 15) is 23.3 Å². The number of rotatable bonds is 8. The number of thiazole rings is 1. The number of hydrogen-bond donors (Lipinski definition) is 2. The Morgan fingerprint density at radius 2 is 1.83 bits per heavy atom. The lowest BCUT2D eigenvalue weighted by atomic mass is 10.3. The molecule has 0 bridgehead atoms. The van der Waals surface area contributed by atoms with Gasteiger partial charge in [0, 0.05) is 29.4 Å². The highest BCUT2D eigenvalue weighted by atomic mass is 32.2. The van der Waals surface area contributed by atoms with Crippen molar-refractivity contribution in [1.82, 2.24) is 4.98 Å². The SMILES string of the molecule is CC(Oc1ccc([N+](=O)[O-])cc1)C(=O)Nc1ccc(S(=O)(=O)Nc2nccs2)cc1. The quantitative estimate of drug-likeness (QED) is 0.398. The van der Waals surface area contributed by atoms with Crippen LogP contribution in [0.25, 0.3) is 0 Å². The molecule has 0 saturated heterocycles. The minimum Gasteiger partial charge on any atom is -0.481 e. The zero-order valence-electron chi connectivity index (χ0n) is 15.5. The van der Waals surface area contributed by atoms with Crippen molar-refractivity contribution in [3.05, 3.63) is 70.2 Å². The third-order valence-electron chi connectivity index (χ3n) is 3.82. The molecule has 2 aromatic carbocycles. The van der Waals surface area contributed by atoms with Crippen LogP contribution in [0.2, 0.25) is 0 Å². The van der Waals surface area contributed by atoms with Crippen LogP contribution < -0.4 is 14.8 Å². The summed E-state index contributed by atoms with van der Waals surface area (Å²) in [5.41, 5.74) is 0.297. The summed E-state index contributed by atoms with van der Waals surface area (Å²) in [6.45, 7) is 1.52. The predicted molar refractivity (Wildman–Crippen MR) is 111 cm³/mol. The summed E-state index contributed by atoms with van der Waals surface area (Å²) in [6.07, 6.45) is 0.600. The first-order valence-electron chi connectivity index (χ1n) is 8.49. The van der Waals surface area contributed by atoms with Gasteiger partial charge in [-0.3, -0.25) is 19.6 Å². The van der Waals surface area contributed by atoms with E-state index in [0.29, 0.717) is 11.4 Å². The Labute approximate surface area is 175 Å². The molecule has 3 rings (SSSR count). The fraction of sp³-hybridized carbons (Fsp3) is 0.111. The molecule has 0 saturated carbocycles. The van der Waals surface area contributed by atoms with Crippen LogP contribution in [0.15, 0.2) is 65.0 Å². The lowest BCUT2D eigenvalue weighted by Gasteiger charge is -2.15. The van der Waals surface area contributed by atoms with E-state index in [4.69, 9.17) is 4.74 Å². The van der Waals surface area contributed by atoms with Crippen molar-refractivity contribution in [2.75, 3.05) is 10.0 Å². The van der Waals surface area contributed by atoms with Crippen molar-refractivity contribution < 1.29 is 22.9 Å². The molecule has 3 aromatic rings. The Balaban J connectivity index is 1.60. The summed E-state index contributed by atoms with van der Waals surface area (Å²) in [7, 11) is -3.78. The maximum absolute atomic E-state index is 12.3. The van der Waals surface area contributed by atoms with Gasteiger partial charge in [0.05, 0.1) is 9.82 Å². The number of nitro groups is 1. The summed E-state index contributed by atoms with van der Waals surface area (Å²) in [6, 6.07) is 11.0. The largest absolute Gasteiger partial charge is 0.481 e. The molecule has 0 aliphatic carbocycles. The van der Waals surface area contributed by atoms with Crippen LogP contribution in [0.5, 0.6) is 5.75 Å². The Bertz CT molecular complexity index is 1130. The fourth-order valence-electron chi connectivity index (χ4n) is 2.31. The van der Waals surface area contributed by atoms with Gasteiger partial charge in [-0.15, -0.1) is 11.3 Å². The van der Waals surface area contributed by atoms with Crippen molar-refractivity contribution in [3.63, 3.8) is 0 Å². The summed E-state index contributed by atoms with van der Waals surface area (Å²) in [5, 5.41) is 15.2. The molecule has 1 amide bonds. The number of carbonyl (C=O) groups excluding carboxylic acids is 1. The molecular formula is C18H16N4O6S2. The van der Waals surface area contributed by atoms with Gasteiger partial charge in [0.1, 0.15) is 5.75 Å². The Morgan fingerprint density at radius 3 is 2.40 bits per heavy atom. The maximum Gasteiger partial charge on any atom is 0.269 e. The molecule has 1 heterocycles. The standard InChI is InChI=1S/C18H16N4O6S2/c1-12(28-15-6-4-14(5-7-15)22(24)25)17(23)20-13-2-8-16(9-3-13)30(26,27)21-18-19-10-11-29-18/h2-12H,1H3,(H,19,21)(H,20,23). The molecule has 2 N–H and O–H groups in total. The number of nitrogens with one attached hydrogen (secondary N) is 2. The van der Waals surface area contributed by atoms with Crippen LogP contribution >= 0.6 is 11.3 Å². The van der Waals surface area contributed by atoms with E-state index < -0.39 is 27.0 Å². The minimum atomic E-state index is -3.78. The van der Waals surface area contributed by atoms with Crippen LogP contribution in [0.1, 0.15) is 6.92 Å². The van der Waals surface area contributed by atoms with Crippen molar-refractivity contribution >= 4 is 43.8 Å². The minimum absolute atomic E-state index is 0.0193. The second kappa shape index (κ2) is 8.88. The summed E-state index contributed by atoms with van der Waals surface area (Å²) in [5.74, 6) is -0.164. The summed E-state index contributed by atoms with van der Waals surface area (Å²) in [4.78, 5) is 26.3. The van der Waals surface area contributed by atoms with Crippen LogP contribution in [-0.2, 0) is 14.8 Å². The van der Waals surface area contributed by atoms with Crippen LogP contribution in [0.4, 0.5) is 16.5 Å². The van der Waals surface area contributed by atoms with Gasteiger partial charge >= 0.3 is 0 Å². The van der Waals surface area contributed by atoms with Crippen molar-refractivity contribution in [3.8, 4) is 5.75 Å². The average Bonchev–Trinajstić information content (AvgIpc) is 3.21. The molecule has 0 spiro atoms. The monoisotopic (exact) mass is 448 g/mol. The summed E-state index contributed by atoms with van der Waals surface area (Å²) >= 11 is 1.16. The van der Waals surface area contributed by atoms with E-state index in [1.807, 2.05) is 0 Å². The molecule has 12 heteroatoms. The zero-order valence-corrected chi connectivity index (χ0v) is 17.1. The van der Waals surface area contributed by atoms with Gasteiger partial charge in [0.15, 0.2) is 11.2 Å². The number of aromatic nitrogens is 1. The number of sulfonamides is 1. The highest BCUT2D eigenvalue weighted by Gasteiger charge is 2.18. The Morgan fingerprint density at radius 1 is 1.17 bits per heavy atom. The number of hydrogen-bond acceptors (Lipinski definition) is 8. The number of anilines is 2. The van der Waals surface area contributed by atoms with Crippen molar-refractivity contribution in [1.29, 1.82) is 0 Å². The van der Waals surface area contributed by atoms with E-state index in [2.05, 4.69) is 15.0 Å². The normalized spacial score (nSPS) is 12.0. The molecule has 1 unspecified atom stereocenters. The molecular weight excluding hydrogens is 432 g/mol. The van der Waals surface area contributed by atoms with Crippen LogP contribution in [-0.4, -0.2) is 30.3 Å². The first-order chi connectivity index (χ1) is 14.2. The van der Waals surface area contributed by atoms with E-state index in [1.165, 1.54) is 61.7 Å². The van der Waals surface area contributed by atoms with E-state index in [1.54, 1.807) is 5.38 Å². The van der Waals surface area contributed by atoms with Crippen molar-refractivity contribution in [2.24, 2.45) is 0 Å². The molecule has 0 aliphatic heterocycles. The lowest BCUT2D eigenvalue weighted by molar-refractivity contribution is -0.384. The van der Waals surface area contributed by atoms with Crippen LogP contribution in [0, 0.1) is 10.1 Å². The second-order valence-electron chi connectivity index (χ2n) is 5.97. The van der Waals surface area contributed by atoms with Crippen molar-refractivity contribution in [2.45, 2.75) is 17.9 Å². The lowest BCUT2D eigenvalue weighted by Crippen LogP contribution is -2.30. The number of ether oxygens (including phenoxy) is 1. The number of nitro benzene ring substituents is 1. The third kappa shape index (κ3) is 5.30. The maximum atomic E-state index is 12.3. The first-order valence-corrected chi connectivity index (χ1v) is 10.9. The number of non-ortho nitro benzene ring substituents is 1. The van der Waals surface area contributed by atoms with E-state index in [-0.39, 0.29) is 15.7 Å². The van der Waals surface area contributed by atoms with Gasteiger partial charge < -0.3 is 10.1 Å². The molecule has 156 valence electrons. The molecule has 0 aliphatic rings. The fourth-order valence-corrected chi connectivity index (χ4v) is 4.10. The number of nitrogens with zero attached hydrogens (tertiary/aromatic N) is 2. The number of carbonyl (C=O) groups is 1. The average molecular weight is 448 g/mol. The Kier molecular flexibility index (Phi) is 6.28. The second-order valence-corrected chi connectivity index (χ2v) is 8.54. The predicted octanol–water partition coefficient (Wildman–Crippen LogP) is 3.26. The molecule has 0 fully saturated rings. The van der Waals surface area contributed by atoms with Crippen LogP contribution in [0.3, 0.4) is 0 Å². The van der Waals surface area contributed by atoms with Gasteiger partial charge in [-0.05, 0) is 43.3 Å². The van der Waals surface area contributed by atoms with Gasteiger partial charge in [-0.2, -0.15) is 0 Å². The zero-order chi connectivity index (χ0) is 21.7. The molecule has 1 aromatic heterocycles. The summed E-state index contributed by atoms with van der Waals surface area (Å²) < 4.78 is 32.5. The van der Waals surface area contributed by atoms with Gasteiger partial charge in [-0.25, -0.2) is 13.4 Å². The molecule has 0 radical (unpaired) electrons. The van der Waals surface area contributed by atoms with Gasteiger partial charge in [0.2, 0.25) is 0 Å².